The Balaban J connectivity index is 1.43. The number of thiophene rings is 1. The third-order valence-corrected chi connectivity index (χ3v) is 5.32. The molecule has 0 fully saturated rings. The summed E-state index contributed by atoms with van der Waals surface area (Å²) in [5, 5.41) is 15.0. The molecule has 2 aromatic heterocycles. The molecule has 28 heavy (non-hydrogen) atoms. The molecule has 0 saturated heterocycles. The zero-order chi connectivity index (χ0) is 19.5. The first kappa shape index (κ1) is 18.1. The molecule has 0 radical (unpaired) electrons. The van der Waals surface area contributed by atoms with Gasteiger partial charge in [0.25, 0.3) is 0 Å². The van der Waals surface area contributed by atoms with Crippen LogP contribution in [0.5, 0.6) is 0 Å². The van der Waals surface area contributed by atoms with Crippen molar-refractivity contribution < 1.29 is 14.3 Å². The minimum absolute atomic E-state index is 0.184. The number of carboxylic acids is 1. The smallest absolute Gasteiger partial charge is 0.335 e. The number of nitrogens with zero attached hydrogens (tertiary/aromatic N) is 2. The Morgan fingerprint density at radius 1 is 1.11 bits per heavy atom. The van der Waals surface area contributed by atoms with Gasteiger partial charge in [0.2, 0.25) is 0 Å². The highest BCUT2D eigenvalue weighted by molar-refractivity contribution is 7.17. The highest BCUT2D eigenvalue weighted by Gasteiger charge is 2.07. The van der Waals surface area contributed by atoms with E-state index in [1.807, 2.05) is 17.5 Å². The van der Waals surface area contributed by atoms with E-state index in [2.05, 4.69) is 15.3 Å². The Morgan fingerprint density at radius 2 is 1.93 bits per heavy atom. The number of aromatic carboxylic acids is 1. The van der Waals surface area contributed by atoms with Crippen LogP contribution in [0.4, 0.5) is 10.2 Å². The number of aromatic nitrogens is 2. The Hall–Kier alpha value is -3.32. The molecule has 5 nitrogen and oxygen atoms in total. The molecular weight excluding hydrogens is 377 g/mol. The monoisotopic (exact) mass is 393 g/mol. The highest BCUT2D eigenvalue weighted by atomic mass is 32.1. The quantitative estimate of drug-likeness (QED) is 0.490. The maximum atomic E-state index is 14.1. The van der Waals surface area contributed by atoms with Crippen LogP contribution in [0.2, 0.25) is 0 Å². The Bertz CT molecular complexity index is 1140. The number of nitrogens with one attached hydrogen (secondary N) is 1. The van der Waals surface area contributed by atoms with Gasteiger partial charge in [-0.3, -0.25) is 0 Å². The minimum atomic E-state index is -0.964. The molecule has 0 spiro atoms. The largest absolute Gasteiger partial charge is 0.478 e. The van der Waals surface area contributed by atoms with Crippen molar-refractivity contribution >= 4 is 33.2 Å². The summed E-state index contributed by atoms with van der Waals surface area (Å²) in [5.41, 5.74) is 2.65. The van der Waals surface area contributed by atoms with Crippen LogP contribution in [0.1, 0.15) is 15.9 Å². The Kier molecular flexibility index (Phi) is 4.99. The molecule has 0 atom stereocenters. The van der Waals surface area contributed by atoms with Crippen molar-refractivity contribution in [2.45, 2.75) is 6.42 Å². The molecule has 0 aliphatic heterocycles. The fraction of sp³-hybridized carbons (Fsp3) is 0.0952. The van der Waals surface area contributed by atoms with E-state index in [-0.39, 0.29) is 11.4 Å². The van der Waals surface area contributed by atoms with E-state index in [0.717, 1.165) is 16.5 Å². The van der Waals surface area contributed by atoms with E-state index in [1.54, 1.807) is 36.4 Å². The van der Waals surface area contributed by atoms with Crippen LogP contribution in [0.3, 0.4) is 0 Å². The first-order chi connectivity index (χ1) is 13.6. The van der Waals surface area contributed by atoms with Gasteiger partial charge in [-0.1, -0.05) is 18.2 Å². The van der Waals surface area contributed by atoms with Gasteiger partial charge < -0.3 is 10.4 Å². The van der Waals surface area contributed by atoms with E-state index < -0.39 is 5.97 Å². The summed E-state index contributed by atoms with van der Waals surface area (Å²) in [6, 6.07) is 13.8. The molecule has 0 aliphatic rings. The lowest BCUT2D eigenvalue weighted by Gasteiger charge is -2.08. The van der Waals surface area contributed by atoms with Gasteiger partial charge in [-0.15, -0.1) is 11.3 Å². The summed E-state index contributed by atoms with van der Waals surface area (Å²) < 4.78 is 14.8. The molecule has 7 heteroatoms. The van der Waals surface area contributed by atoms with E-state index in [9.17, 15) is 9.18 Å². The number of rotatable bonds is 6. The number of benzene rings is 2. The molecule has 140 valence electrons. The van der Waals surface area contributed by atoms with Crippen molar-refractivity contribution in [1.82, 2.24) is 9.97 Å². The van der Waals surface area contributed by atoms with Crippen LogP contribution in [0.25, 0.3) is 21.3 Å². The molecule has 0 saturated carbocycles. The van der Waals surface area contributed by atoms with Crippen LogP contribution in [0.15, 0.2) is 60.2 Å². The summed E-state index contributed by atoms with van der Waals surface area (Å²) in [6.07, 6.45) is 2.12. The van der Waals surface area contributed by atoms with Gasteiger partial charge in [-0.05, 0) is 47.0 Å². The van der Waals surface area contributed by atoms with Gasteiger partial charge in [0.1, 0.15) is 18.0 Å². The summed E-state index contributed by atoms with van der Waals surface area (Å²) >= 11 is 1.41. The fourth-order valence-corrected chi connectivity index (χ4v) is 3.76. The zero-order valence-corrected chi connectivity index (χ0v) is 15.5. The molecule has 2 heterocycles. The third kappa shape index (κ3) is 3.84. The van der Waals surface area contributed by atoms with Crippen LogP contribution < -0.4 is 5.32 Å². The maximum Gasteiger partial charge on any atom is 0.335 e. The number of carbonyl (C=O) groups is 1. The molecule has 4 aromatic rings. The Morgan fingerprint density at radius 3 is 2.71 bits per heavy atom. The first-order valence-electron chi connectivity index (χ1n) is 8.65. The zero-order valence-electron chi connectivity index (χ0n) is 14.7. The summed E-state index contributed by atoms with van der Waals surface area (Å²) in [6.45, 7) is 0.601. The number of hydrogen-bond acceptors (Lipinski definition) is 5. The molecule has 4 rings (SSSR count). The minimum Gasteiger partial charge on any atom is -0.478 e. The average Bonchev–Trinajstić information content (AvgIpc) is 3.18. The van der Waals surface area contributed by atoms with E-state index in [4.69, 9.17) is 5.11 Å². The molecule has 2 aromatic carbocycles. The van der Waals surface area contributed by atoms with Crippen molar-refractivity contribution in [3.05, 3.63) is 77.2 Å². The summed E-state index contributed by atoms with van der Waals surface area (Å²) in [4.78, 5) is 19.4. The van der Waals surface area contributed by atoms with Gasteiger partial charge >= 0.3 is 5.97 Å². The SMILES string of the molecule is O=C(O)c1ccc(-c2cc(NCCc3cc(F)c4sccc4c3)ncn2)cc1. The van der Waals surface area contributed by atoms with E-state index in [1.165, 1.54) is 17.7 Å². The molecule has 0 amide bonds. The second-order valence-corrected chi connectivity index (χ2v) is 7.18. The summed E-state index contributed by atoms with van der Waals surface area (Å²) in [7, 11) is 0. The highest BCUT2D eigenvalue weighted by Crippen LogP contribution is 2.25. The maximum absolute atomic E-state index is 14.1. The standard InChI is InChI=1S/C21H16FN3O2S/c22-17-10-13(9-16-6-8-28-20(16)17)5-7-23-19-11-18(24-12-25-19)14-1-3-15(4-2-14)21(26)27/h1-4,6,8-12H,5,7H2,(H,26,27)(H,23,24,25). The number of fused-ring (bicyclic) bond motifs is 1. The normalized spacial score (nSPS) is 10.9. The number of hydrogen-bond donors (Lipinski definition) is 2. The van der Waals surface area contributed by atoms with Gasteiger partial charge in [0.15, 0.2) is 0 Å². The van der Waals surface area contributed by atoms with Crippen molar-refractivity contribution in [1.29, 1.82) is 0 Å². The van der Waals surface area contributed by atoms with Crippen molar-refractivity contribution in [3.8, 4) is 11.3 Å². The average molecular weight is 393 g/mol. The Labute approximate surface area is 164 Å². The van der Waals surface area contributed by atoms with E-state index >= 15 is 0 Å². The molecule has 2 N–H and O–H groups in total. The van der Waals surface area contributed by atoms with Crippen LogP contribution in [-0.2, 0) is 6.42 Å². The predicted octanol–water partition coefficient (Wildman–Crippen LogP) is 4.85. The number of halogens is 1. The van der Waals surface area contributed by atoms with Crippen molar-refractivity contribution in [2.24, 2.45) is 0 Å². The molecule has 0 unspecified atom stereocenters. The summed E-state index contributed by atoms with van der Waals surface area (Å²) in [5.74, 6) is -0.491. The third-order valence-electron chi connectivity index (χ3n) is 4.38. The second-order valence-electron chi connectivity index (χ2n) is 6.26. The molecule has 0 aliphatic carbocycles. The molecular formula is C21H16FN3O2S. The van der Waals surface area contributed by atoms with E-state index in [0.29, 0.717) is 29.2 Å². The van der Waals surface area contributed by atoms with Crippen LogP contribution >= 0.6 is 11.3 Å². The first-order valence-corrected chi connectivity index (χ1v) is 9.53. The number of carboxylic acid groups (broad SMARTS) is 1. The van der Waals surface area contributed by atoms with Gasteiger partial charge in [-0.25, -0.2) is 19.2 Å². The predicted molar refractivity (Wildman–Crippen MR) is 108 cm³/mol. The van der Waals surface area contributed by atoms with Gasteiger partial charge in [0.05, 0.1) is 16.0 Å². The number of anilines is 1. The van der Waals surface area contributed by atoms with Gasteiger partial charge in [-0.2, -0.15) is 0 Å². The topological polar surface area (TPSA) is 75.1 Å². The lowest BCUT2D eigenvalue weighted by molar-refractivity contribution is 0.0697. The second kappa shape index (κ2) is 7.74. The molecule has 0 bridgehead atoms. The fourth-order valence-electron chi connectivity index (χ4n) is 2.97. The lowest BCUT2D eigenvalue weighted by Crippen LogP contribution is -2.07. The van der Waals surface area contributed by atoms with Gasteiger partial charge in [0, 0.05) is 18.2 Å². The van der Waals surface area contributed by atoms with Crippen molar-refractivity contribution in [3.63, 3.8) is 0 Å². The van der Waals surface area contributed by atoms with Crippen LogP contribution in [-0.4, -0.2) is 27.6 Å². The van der Waals surface area contributed by atoms with Crippen LogP contribution in [0, 0.1) is 5.82 Å². The van der Waals surface area contributed by atoms with Crippen molar-refractivity contribution in [2.75, 3.05) is 11.9 Å². The lowest BCUT2D eigenvalue weighted by atomic mass is 10.1.